The predicted octanol–water partition coefficient (Wildman–Crippen LogP) is 2.87. The summed E-state index contributed by atoms with van der Waals surface area (Å²) in [7, 11) is 0. The quantitative estimate of drug-likeness (QED) is 0.912. The smallest absolute Gasteiger partial charge is 0.303 e. The third-order valence-electron chi connectivity index (χ3n) is 3.16. The first-order valence-electron chi connectivity index (χ1n) is 6.05. The monoisotopic (exact) mass is 264 g/mol. The Hall–Kier alpha value is -1.29. The first kappa shape index (κ1) is 13.1. The van der Waals surface area contributed by atoms with Crippen LogP contribution in [0.4, 0.5) is 0 Å². The van der Waals surface area contributed by atoms with Crippen molar-refractivity contribution in [2.75, 3.05) is 5.75 Å². The minimum atomic E-state index is -0.789. The zero-order valence-electron chi connectivity index (χ0n) is 10.3. The first-order chi connectivity index (χ1) is 8.56. The topological polar surface area (TPSA) is 54.4 Å². The summed E-state index contributed by atoms with van der Waals surface area (Å²) in [5, 5.41) is 8.81. The van der Waals surface area contributed by atoms with E-state index in [1.54, 1.807) is 11.8 Å². The van der Waals surface area contributed by atoms with Crippen molar-refractivity contribution < 1.29 is 14.7 Å². The summed E-state index contributed by atoms with van der Waals surface area (Å²) in [5.41, 5.74) is 2.06. The molecule has 0 radical (unpaired) electrons. The summed E-state index contributed by atoms with van der Waals surface area (Å²) < 4.78 is 0. The van der Waals surface area contributed by atoms with Gasteiger partial charge in [0.15, 0.2) is 0 Å². The minimum Gasteiger partial charge on any atom is -0.481 e. The number of carboxylic acids is 1. The fourth-order valence-electron chi connectivity index (χ4n) is 2.14. The van der Waals surface area contributed by atoms with E-state index in [4.69, 9.17) is 5.11 Å². The first-order valence-corrected chi connectivity index (χ1v) is 7.04. The number of carboxylic acid groups (broad SMARTS) is 1. The van der Waals surface area contributed by atoms with Crippen LogP contribution in [0.25, 0.3) is 0 Å². The van der Waals surface area contributed by atoms with Crippen molar-refractivity contribution in [3.63, 3.8) is 0 Å². The van der Waals surface area contributed by atoms with E-state index in [1.807, 2.05) is 25.1 Å². The molecule has 1 atom stereocenters. The number of carbonyl (C=O) groups is 2. The summed E-state index contributed by atoms with van der Waals surface area (Å²) in [5.74, 6) is 0.305. The van der Waals surface area contributed by atoms with Crippen LogP contribution in [-0.2, 0) is 16.0 Å². The van der Waals surface area contributed by atoms with Gasteiger partial charge in [-0.1, -0.05) is 19.1 Å². The molecule has 1 aromatic carbocycles. The number of thioether (sulfide) groups is 1. The average molecular weight is 264 g/mol. The second kappa shape index (κ2) is 5.57. The number of aliphatic carboxylic acids is 1. The van der Waals surface area contributed by atoms with Crippen LogP contribution < -0.4 is 0 Å². The number of benzene rings is 1. The Bertz CT molecular complexity index is 482. The molecule has 2 rings (SSSR count). The van der Waals surface area contributed by atoms with Gasteiger partial charge in [0, 0.05) is 23.5 Å². The maximum absolute atomic E-state index is 11.6. The number of carbonyl (C=O) groups excluding carboxylic acids is 1. The van der Waals surface area contributed by atoms with Crippen molar-refractivity contribution in [3.05, 3.63) is 29.3 Å². The standard InChI is InChI=1S/C14H16O3S/c1-9(6-14(16)17)10-2-3-13-11(7-10)8-12(15)4-5-18-13/h2-3,7,9H,4-6,8H2,1H3,(H,16,17). The molecule has 0 aromatic heterocycles. The molecule has 1 unspecified atom stereocenters. The van der Waals surface area contributed by atoms with Crippen LogP contribution in [0.2, 0.25) is 0 Å². The Balaban J connectivity index is 2.25. The zero-order chi connectivity index (χ0) is 13.1. The molecule has 1 aromatic rings. The molecule has 0 aliphatic carbocycles. The second-order valence-corrected chi connectivity index (χ2v) is 5.82. The highest BCUT2D eigenvalue weighted by Crippen LogP contribution is 2.31. The van der Waals surface area contributed by atoms with Crippen molar-refractivity contribution >= 4 is 23.5 Å². The van der Waals surface area contributed by atoms with Gasteiger partial charge in [0.25, 0.3) is 0 Å². The Labute approximate surface area is 111 Å². The largest absolute Gasteiger partial charge is 0.481 e. The SMILES string of the molecule is CC(CC(=O)O)c1ccc2c(c1)CC(=O)CCS2. The van der Waals surface area contributed by atoms with Crippen molar-refractivity contribution in [1.82, 2.24) is 0 Å². The maximum atomic E-state index is 11.6. The lowest BCUT2D eigenvalue weighted by molar-refractivity contribution is -0.137. The highest BCUT2D eigenvalue weighted by molar-refractivity contribution is 7.99. The molecular weight excluding hydrogens is 248 g/mol. The van der Waals surface area contributed by atoms with Gasteiger partial charge in [-0.05, 0) is 23.1 Å². The van der Waals surface area contributed by atoms with Gasteiger partial charge in [0.1, 0.15) is 5.78 Å². The van der Waals surface area contributed by atoms with E-state index in [0.29, 0.717) is 12.8 Å². The van der Waals surface area contributed by atoms with Crippen molar-refractivity contribution in [3.8, 4) is 0 Å². The van der Waals surface area contributed by atoms with Gasteiger partial charge in [0.2, 0.25) is 0 Å². The summed E-state index contributed by atoms with van der Waals surface area (Å²) >= 11 is 1.71. The Morgan fingerprint density at radius 3 is 3.00 bits per heavy atom. The normalized spacial score (nSPS) is 16.8. The van der Waals surface area contributed by atoms with Crippen LogP contribution >= 0.6 is 11.8 Å². The number of fused-ring (bicyclic) bond motifs is 1. The molecule has 0 saturated carbocycles. The molecule has 1 N–H and O–H groups in total. The minimum absolute atomic E-state index is 0.0174. The Kier molecular flexibility index (Phi) is 4.07. The van der Waals surface area contributed by atoms with Crippen LogP contribution in [-0.4, -0.2) is 22.6 Å². The van der Waals surface area contributed by atoms with E-state index < -0.39 is 5.97 Å². The van der Waals surface area contributed by atoms with Gasteiger partial charge >= 0.3 is 5.97 Å². The number of hydrogen-bond acceptors (Lipinski definition) is 3. The van der Waals surface area contributed by atoms with E-state index in [2.05, 4.69) is 0 Å². The fourth-order valence-corrected chi connectivity index (χ4v) is 3.17. The molecule has 96 valence electrons. The molecule has 1 aliphatic heterocycles. The number of hydrogen-bond donors (Lipinski definition) is 1. The zero-order valence-corrected chi connectivity index (χ0v) is 11.1. The molecule has 0 amide bonds. The lowest BCUT2D eigenvalue weighted by atomic mass is 9.95. The predicted molar refractivity (Wildman–Crippen MR) is 71.2 cm³/mol. The van der Waals surface area contributed by atoms with Gasteiger partial charge in [-0.3, -0.25) is 9.59 Å². The van der Waals surface area contributed by atoms with Crippen LogP contribution in [0.15, 0.2) is 23.1 Å². The summed E-state index contributed by atoms with van der Waals surface area (Å²) in [6, 6.07) is 6.00. The molecule has 18 heavy (non-hydrogen) atoms. The maximum Gasteiger partial charge on any atom is 0.303 e. The van der Waals surface area contributed by atoms with E-state index in [-0.39, 0.29) is 18.1 Å². The van der Waals surface area contributed by atoms with Crippen LogP contribution in [0.1, 0.15) is 36.8 Å². The van der Waals surface area contributed by atoms with Gasteiger partial charge in [0.05, 0.1) is 6.42 Å². The Morgan fingerprint density at radius 2 is 2.28 bits per heavy atom. The molecule has 0 spiro atoms. The van der Waals surface area contributed by atoms with Gasteiger partial charge in [-0.15, -0.1) is 11.8 Å². The lowest BCUT2D eigenvalue weighted by Gasteiger charge is -2.12. The summed E-state index contributed by atoms with van der Waals surface area (Å²) in [6.07, 6.45) is 1.23. The van der Waals surface area contributed by atoms with Crippen LogP contribution in [0.5, 0.6) is 0 Å². The molecule has 0 saturated heterocycles. The van der Waals surface area contributed by atoms with E-state index in [0.717, 1.165) is 21.8 Å². The van der Waals surface area contributed by atoms with E-state index in [9.17, 15) is 9.59 Å². The highest BCUT2D eigenvalue weighted by atomic mass is 32.2. The third-order valence-corrected chi connectivity index (χ3v) is 4.28. The third kappa shape index (κ3) is 3.13. The highest BCUT2D eigenvalue weighted by Gasteiger charge is 2.17. The number of rotatable bonds is 3. The van der Waals surface area contributed by atoms with Crippen molar-refractivity contribution in [2.45, 2.75) is 37.0 Å². The van der Waals surface area contributed by atoms with Crippen molar-refractivity contribution in [1.29, 1.82) is 0 Å². The molecule has 0 bridgehead atoms. The Morgan fingerprint density at radius 1 is 1.50 bits per heavy atom. The van der Waals surface area contributed by atoms with Crippen molar-refractivity contribution in [2.24, 2.45) is 0 Å². The van der Waals surface area contributed by atoms with Gasteiger partial charge in [-0.2, -0.15) is 0 Å². The van der Waals surface area contributed by atoms with Gasteiger partial charge in [-0.25, -0.2) is 0 Å². The van der Waals surface area contributed by atoms with E-state index >= 15 is 0 Å². The summed E-state index contributed by atoms with van der Waals surface area (Å²) in [4.78, 5) is 23.5. The number of Topliss-reactive ketones (excluding diaryl/α,β-unsaturated/α-hetero) is 1. The van der Waals surface area contributed by atoms with Gasteiger partial charge < -0.3 is 5.11 Å². The fraction of sp³-hybridized carbons (Fsp3) is 0.429. The molecule has 1 aliphatic rings. The van der Waals surface area contributed by atoms with E-state index in [1.165, 1.54) is 0 Å². The van der Waals surface area contributed by atoms with Crippen LogP contribution in [0, 0.1) is 0 Å². The average Bonchev–Trinajstić information content (AvgIpc) is 2.47. The second-order valence-electron chi connectivity index (χ2n) is 4.68. The molecule has 1 heterocycles. The molecular formula is C14H16O3S. The molecule has 4 heteroatoms. The molecule has 0 fully saturated rings. The molecule has 3 nitrogen and oxygen atoms in total. The van der Waals surface area contributed by atoms with Crippen LogP contribution in [0.3, 0.4) is 0 Å². The lowest BCUT2D eigenvalue weighted by Crippen LogP contribution is -2.05. The summed E-state index contributed by atoms with van der Waals surface area (Å²) in [6.45, 7) is 1.90. The number of ketones is 1.